The van der Waals surface area contributed by atoms with Gasteiger partial charge in [0.1, 0.15) is 0 Å². The normalized spacial score (nSPS) is 13.1. The monoisotopic (exact) mass is 239 g/mol. The molecule has 0 unspecified atom stereocenters. The maximum atomic E-state index is 3.48. The van der Waals surface area contributed by atoms with Gasteiger partial charge in [-0.05, 0) is 30.7 Å². The summed E-state index contributed by atoms with van der Waals surface area (Å²) in [6.45, 7) is 3.80. The number of nitrogens with one attached hydrogen (secondary N) is 2. The molecule has 0 saturated carbocycles. The van der Waals surface area contributed by atoms with Crippen molar-refractivity contribution in [3.63, 3.8) is 0 Å². The fraction of sp³-hybridized carbons (Fsp3) is 0.200. The summed E-state index contributed by atoms with van der Waals surface area (Å²) in [5, 5.41) is 6.87. The van der Waals surface area contributed by atoms with Gasteiger partial charge in [0, 0.05) is 5.69 Å². The van der Waals surface area contributed by atoms with Gasteiger partial charge in [-0.3, -0.25) is 0 Å². The highest BCUT2D eigenvalue weighted by atomic mass is 15.3. The second kappa shape index (κ2) is 4.61. The molecule has 0 radical (unpaired) electrons. The van der Waals surface area contributed by atoms with Crippen molar-refractivity contribution in [3.8, 4) is 0 Å². The lowest BCUT2D eigenvalue weighted by molar-refractivity contribution is 0.918. The van der Waals surface area contributed by atoms with E-state index in [-0.39, 0.29) is 0 Å². The first-order valence-electron chi connectivity index (χ1n) is 6.22. The molecule has 3 heteroatoms. The molecule has 92 valence electrons. The maximum Gasteiger partial charge on any atom is 0.0895 e. The van der Waals surface area contributed by atoms with Crippen molar-refractivity contribution in [1.29, 1.82) is 0 Å². The molecule has 0 aliphatic carbocycles. The molecule has 0 atom stereocenters. The van der Waals surface area contributed by atoms with Crippen molar-refractivity contribution in [2.45, 2.75) is 6.92 Å². The second-order valence-corrected chi connectivity index (χ2v) is 4.54. The van der Waals surface area contributed by atoms with E-state index in [4.69, 9.17) is 0 Å². The summed E-state index contributed by atoms with van der Waals surface area (Å²) in [6, 6.07) is 16.8. The van der Waals surface area contributed by atoms with Crippen LogP contribution in [0, 0.1) is 6.92 Å². The van der Waals surface area contributed by atoms with Crippen LogP contribution in [-0.2, 0) is 0 Å². The molecule has 0 saturated heterocycles. The quantitative estimate of drug-likeness (QED) is 0.861. The summed E-state index contributed by atoms with van der Waals surface area (Å²) in [7, 11) is 0. The van der Waals surface area contributed by atoms with Crippen LogP contribution in [0.2, 0.25) is 0 Å². The van der Waals surface area contributed by atoms with Gasteiger partial charge in [-0.15, -0.1) is 0 Å². The average molecular weight is 239 g/mol. The van der Waals surface area contributed by atoms with Crippen LogP contribution >= 0.6 is 0 Å². The van der Waals surface area contributed by atoms with Crippen LogP contribution in [0.4, 0.5) is 17.1 Å². The van der Waals surface area contributed by atoms with Crippen LogP contribution in [-0.4, -0.2) is 13.3 Å². The number of hydrogen-bond donors (Lipinski definition) is 2. The number of rotatable bonds is 3. The second-order valence-electron chi connectivity index (χ2n) is 4.54. The van der Waals surface area contributed by atoms with E-state index in [1.165, 1.54) is 22.6 Å². The summed E-state index contributed by atoms with van der Waals surface area (Å²) in [4.78, 5) is 2.29. The van der Waals surface area contributed by atoms with Crippen LogP contribution < -0.4 is 15.5 Å². The third-order valence-corrected chi connectivity index (χ3v) is 3.31. The molecule has 1 heterocycles. The topological polar surface area (TPSA) is 27.3 Å². The Bertz CT molecular complexity index is 551. The first-order valence-corrected chi connectivity index (χ1v) is 6.22. The van der Waals surface area contributed by atoms with Crippen molar-refractivity contribution >= 4 is 17.1 Å². The van der Waals surface area contributed by atoms with E-state index < -0.39 is 0 Å². The van der Waals surface area contributed by atoms with Crippen molar-refractivity contribution < 1.29 is 0 Å². The molecule has 2 aromatic carbocycles. The minimum Gasteiger partial charge on any atom is -0.367 e. The maximum absolute atomic E-state index is 3.48. The van der Waals surface area contributed by atoms with Gasteiger partial charge in [0.05, 0.1) is 24.7 Å². The smallest absolute Gasteiger partial charge is 0.0895 e. The lowest BCUT2D eigenvalue weighted by Crippen LogP contribution is -2.29. The van der Waals surface area contributed by atoms with Gasteiger partial charge in [-0.1, -0.05) is 30.3 Å². The summed E-state index contributed by atoms with van der Waals surface area (Å²) >= 11 is 0. The van der Waals surface area contributed by atoms with E-state index in [0.717, 1.165) is 13.3 Å². The SMILES string of the molecule is Cc1ccccc1NCN1CNc2ccccc21. The molecule has 0 amide bonds. The Morgan fingerprint density at radius 1 is 1.11 bits per heavy atom. The molecule has 2 N–H and O–H groups in total. The Morgan fingerprint density at radius 3 is 2.78 bits per heavy atom. The van der Waals surface area contributed by atoms with E-state index in [0.29, 0.717) is 0 Å². The van der Waals surface area contributed by atoms with Crippen LogP contribution in [0.15, 0.2) is 48.5 Å². The van der Waals surface area contributed by atoms with Crippen molar-refractivity contribution in [1.82, 2.24) is 0 Å². The molecule has 1 aliphatic rings. The largest absolute Gasteiger partial charge is 0.367 e. The van der Waals surface area contributed by atoms with Gasteiger partial charge in [0.25, 0.3) is 0 Å². The number of hydrogen-bond acceptors (Lipinski definition) is 3. The van der Waals surface area contributed by atoms with Gasteiger partial charge >= 0.3 is 0 Å². The molecule has 0 fully saturated rings. The number of para-hydroxylation sites is 3. The Morgan fingerprint density at radius 2 is 1.89 bits per heavy atom. The first kappa shape index (κ1) is 11.0. The van der Waals surface area contributed by atoms with E-state index in [1.54, 1.807) is 0 Å². The Hall–Kier alpha value is -2.16. The van der Waals surface area contributed by atoms with Crippen molar-refractivity contribution in [2.24, 2.45) is 0 Å². The third kappa shape index (κ3) is 1.99. The molecule has 18 heavy (non-hydrogen) atoms. The van der Waals surface area contributed by atoms with Gasteiger partial charge in [0.15, 0.2) is 0 Å². The summed E-state index contributed by atoms with van der Waals surface area (Å²) in [5.41, 5.74) is 4.95. The molecular weight excluding hydrogens is 222 g/mol. The number of benzene rings is 2. The predicted molar refractivity (Wildman–Crippen MR) is 77.1 cm³/mol. The van der Waals surface area contributed by atoms with Gasteiger partial charge < -0.3 is 15.5 Å². The first-order chi connectivity index (χ1) is 8.84. The molecule has 0 spiro atoms. The highest BCUT2D eigenvalue weighted by Crippen LogP contribution is 2.30. The lowest BCUT2D eigenvalue weighted by Gasteiger charge is -2.20. The summed E-state index contributed by atoms with van der Waals surface area (Å²) in [5.74, 6) is 0. The zero-order valence-electron chi connectivity index (χ0n) is 10.5. The number of aryl methyl sites for hydroxylation is 1. The van der Waals surface area contributed by atoms with Crippen LogP contribution in [0.1, 0.15) is 5.56 Å². The Labute approximate surface area is 107 Å². The molecular formula is C15H17N3. The van der Waals surface area contributed by atoms with Crippen LogP contribution in [0.25, 0.3) is 0 Å². The minimum absolute atomic E-state index is 0.814. The number of anilines is 3. The molecule has 3 nitrogen and oxygen atoms in total. The average Bonchev–Trinajstić information content (AvgIpc) is 2.81. The Balaban J connectivity index is 1.71. The highest BCUT2D eigenvalue weighted by Gasteiger charge is 2.16. The lowest BCUT2D eigenvalue weighted by atomic mass is 10.2. The van der Waals surface area contributed by atoms with Gasteiger partial charge in [0.2, 0.25) is 0 Å². The minimum atomic E-state index is 0.814. The number of nitrogens with zero attached hydrogens (tertiary/aromatic N) is 1. The zero-order valence-corrected chi connectivity index (χ0v) is 10.5. The highest BCUT2D eigenvalue weighted by molar-refractivity contribution is 5.74. The molecule has 0 aromatic heterocycles. The van der Waals surface area contributed by atoms with E-state index in [2.05, 4.69) is 71.0 Å². The van der Waals surface area contributed by atoms with Crippen LogP contribution in [0.5, 0.6) is 0 Å². The molecule has 3 rings (SSSR count). The molecule has 2 aromatic rings. The fourth-order valence-electron chi connectivity index (χ4n) is 2.26. The number of fused-ring (bicyclic) bond motifs is 1. The van der Waals surface area contributed by atoms with E-state index in [9.17, 15) is 0 Å². The molecule has 0 bridgehead atoms. The van der Waals surface area contributed by atoms with E-state index in [1.807, 2.05) is 0 Å². The van der Waals surface area contributed by atoms with E-state index >= 15 is 0 Å². The Kier molecular flexibility index (Phi) is 2.81. The van der Waals surface area contributed by atoms with Crippen molar-refractivity contribution in [3.05, 3.63) is 54.1 Å². The fourth-order valence-corrected chi connectivity index (χ4v) is 2.26. The standard InChI is InChI=1S/C15H17N3/c1-12-6-2-3-7-13(12)16-10-18-11-17-14-8-4-5-9-15(14)18/h2-9,16-17H,10-11H2,1H3. The molecule has 1 aliphatic heterocycles. The summed E-state index contributed by atoms with van der Waals surface area (Å²) < 4.78 is 0. The van der Waals surface area contributed by atoms with Gasteiger partial charge in [-0.25, -0.2) is 0 Å². The van der Waals surface area contributed by atoms with Crippen LogP contribution in [0.3, 0.4) is 0 Å². The van der Waals surface area contributed by atoms with Gasteiger partial charge in [-0.2, -0.15) is 0 Å². The predicted octanol–water partition coefficient (Wildman–Crippen LogP) is 3.25. The third-order valence-electron chi connectivity index (χ3n) is 3.31. The zero-order chi connectivity index (χ0) is 12.4. The van der Waals surface area contributed by atoms with Crippen molar-refractivity contribution in [2.75, 3.05) is 28.9 Å². The summed E-state index contributed by atoms with van der Waals surface area (Å²) in [6.07, 6.45) is 0.